The average Bonchev–Trinajstić information content (AvgIpc) is 2.99. The van der Waals surface area contributed by atoms with Crippen molar-refractivity contribution in [2.24, 2.45) is 0 Å². The summed E-state index contributed by atoms with van der Waals surface area (Å²) in [6.45, 7) is 4.88. The third kappa shape index (κ3) is 4.76. The van der Waals surface area contributed by atoms with Crippen LogP contribution in [0, 0.1) is 0 Å². The van der Waals surface area contributed by atoms with Crippen LogP contribution in [-0.2, 0) is 4.79 Å². The van der Waals surface area contributed by atoms with Gasteiger partial charge in [-0.1, -0.05) is 19.4 Å². The fourth-order valence-electron chi connectivity index (χ4n) is 2.55. The maximum atomic E-state index is 12.3. The molecule has 1 aromatic rings. The lowest BCUT2D eigenvalue weighted by Crippen LogP contribution is -2.45. The van der Waals surface area contributed by atoms with E-state index >= 15 is 0 Å². The number of carbonyl (C=O) groups is 1. The van der Waals surface area contributed by atoms with Gasteiger partial charge in [0.15, 0.2) is 0 Å². The van der Waals surface area contributed by atoms with E-state index in [4.69, 9.17) is 0 Å². The van der Waals surface area contributed by atoms with Crippen LogP contribution in [-0.4, -0.2) is 36.5 Å². The number of hydrogen-bond donors (Lipinski definition) is 1. The molecule has 0 aliphatic carbocycles. The van der Waals surface area contributed by atoms with Crippen molar-refractivity contribution in [3.8, 4) is 0 Å². The molecular weight excluding hydrogens is 268 g/mol. The molecule has 1 aliphatic rings. The summed E-state index contributed by atoms with van der Waals surface area (Å²) >= 11 is 1.66. The molecule has 1 saturated heterocycles. The number of thiophene rings is 1. The van der Waals surface area contributed by atoms with Crippen molar-refractivity contribution in [3.63, 3.8) is 0 Å². The summed E-state index contributed by atoms with van der Waals surface area (Å²) in [5, 5.41) is 5.54. The van der Waals surface area contributed by atoms with E-state index in [1.807, 2.05) is 28.5 Å². The van der Waals surface area contributed by atoms with Gasteiger partial charge in [0, 0.05) is 30.1 Å². The molecule has 3 nitrogen and oxygen atoms in total. The van der Waals surface area contributed by atoms with Crippen LogP contribution in [0.15, 0.2) is 23.6 Å². The van der Waals surface area contributed by atoms with Gasteiger partial charge in [0.2, 0.25) is 5.91 Å². The number of rotatable bonds is 6. The first-order chi connectivity index (χ1) is 9.79. The Morgan fingerprint density at radius 1 is 1.55 bits per heavy atom. The highest BCUT2D eigenvalue weighted by molar-refractivity contribution is 7.10. The Morgan fingerprint density at radius 3 is 3.10 bits per heavy atom. The lowest BCUT2D eigenvalue weighted by Gasteiger charge is -2.30. The monoisotopic (exact) mass is 292 g/mol. The smallest absolute Gasteiger partial charge is 0.246 e. The molecule has 0 saturated carbocycles. The normalized spacial score (nSPS) is 19.4. The highest BCUT2D eigenvalue weighted by atomic mass is 32.1. The van der Waals surface area contributed by atoms with E-state index < -0.39 is 0 Å². The second-order valence-corrected chi connectivity index (χ2v) is 6.26. The molecular formula is C16H24N2OS. The number of amides is 1. The molecule has 1 amide bonds. The van der Waals surface area contributed by atoms with Gasteiger partial charge in [-0.25, -0.2) is 0 Å². The summed E-state index contributed by atoms with van der Waals surface area (Å²) in [5.41, 5.74) is 0. The van der Waals surface area contributed by atoms with Crippen molar-refractivity contribution in [2.75, 3.05) is 19.6 Å². The Bertz CT molecular complexity index is 422. The van der Waals surface area contributed by atoms with E-state index in [2.05, 4.69) is 12.2 Å². The zero-order valence-electron chi connectivity index (χ0n) is 12.2. The minimum Gasteiger partial charge on any atom is -0.338 e. The third-order valence-corrected chi connectivity index (χ3v) is 4.43. The zero-order chi connectivity index (χ0) is 14.2. The molecule has 0 aromatic carbocycles. The highest BCUT2D eigenvalue weighted by Crippen LogP contribution is 2.12. The zero-order valence-corrected chi connectivity index (χ0v) is 13.0. The Labute approximate surface area is 125 Å². The van der Waals surface area contributed by atoms with Crippen molar-refractivity contribution < 1.29 is 4.79 Å². The summed E-state index contributed by atoms with van der Waals surface area (Å²) in [6, 6.07) is 4.50. The van der Waals surface area contributed by atoms with Gasteiger partial charge in [0.1, 0.15) is 0 Å². The van der Waals surface area contributed by atoms with E-state index in [0.717, 1.165) is 30.9 Å². The maximum Gasteiger partial charge on any atom is 0.246 e. The first kappa shape index (κ1) is 15.3. The third-order valence-electron chi connectivity index (χ3n) is 3.59. The number of nitrogens with zero attached hydrogens (tertiary/aromatic N) is 1. The topological polar surface area (TPSA) is 32.3 Å². The van der Waals surface area contributed by atoms with E-state index in [-0.39, 0.29) is 5.91 Å². The number of piperidine rings is 1. The maximum absolute atomic E-state index is 12.3. The molecule has 0 radical (unpaired) electrons. The number of carbonyl (C=O) groups excluding carboxylic acids is 1. The average molecular weight is 292 g/mol. The second kappa shape index (κ2) is 8.22. The van der Waals surface area contributed by atoms with Gasteiger partial charge in [-0.05, 0) is 43.3 Å². The molecule has 4 heteroatoms. The van der Waals surface area contributed by atoms with Crippen molar-refractivity contribution >= 4 is 23.3 Å². The molecule has 1 N–H and O–H groups in total. The molecule has 0 bridgehead atoms. The van der Waals surface area contributed by atoms with Crippen molar-refractivity contribution in [1.29, 1.82) is 0 Å². The van der Waals surface area contributed by atoms with Gasteiger partial charge in [-0.2, -0.15) is 0 Å². The predicted molar refractivity (Wildman–Crippen MR) is 85.9 cm³/mol. The van der Waals surface area contributed by atoms with Crippen molar-refractivity contribution in [3.05, 3.63) is 28.5 Å². The molecule has 0 spiro atoms. The minimum absolute atomic E-state index is 0.132. The first-order valence-corrected chi connectivity index (χ1v) is 8.41. The van der Waals surface area contributed by atoms with Gasteiger partial charge in [0.05, 0.1) is 0 Å². The predicted octanol–water partition coefficient (Wildman–Crippen LogP) is 3.14. The van der Waals surface area contributed by atoms with Crippen LogP contribution in [0.3, 0.4) is 0 Å². The summed E-state index contributed by atoms with van der Waals surface area (Å²) in [5.74, 6) is 0.132. The van der Waals surface area contributed by atoms with Crippen LogP contribution in [0.25, 0.3) is 6.08 Å². The van der Waals surface area contributed by atoms with Gasteiger partial charge in [-0.3, -0.25) is 4.79 Å². The Morgan fingerprint density at radius 2 is 2.45 bits per heavy atom. The fraction of sp³-hybridized carbons (Fsp3) is 0.562. The van der Waals surface area contributed by atoms with Crippen LogP contribution < -0.4 is 5.32 Å². The molecule has 20 heavy (non-hydrogen) atoms. The van der Waals surface area contributed by atoms with Crippen molar-refractivity contribution in [1.82, 2.24) is 10.2 Å². The minimum atomic E-state index is 0.132. The SMILES string of the molecule is CCCN(CC1CCCCN1)C(=O)/C=C/c1cccs1. The molecule has 1 fully saturated rings. The van der Waals surface area contributed by atoms with Crippen molar-refractivity contribution in [2.45, 2.75) is 38.6 Å². The van der Waals surface area contributed by atoms with Crippen LogP contribution in [0.4, 0.5) is 0 Å². The summed E-state index contributed by atoms with van der Waals surface area (Å²) in [7, 11) is 0. The largest absolute Gasteiger partial charge is 0.338 e. The van der Waals surface area contributed by atoms with Gasteiger partial charge in [0.25, 0.3) is 0 Å². The fourth-order valence-corrected chi connectivity index (χ4v) is 3.17. The molecule has 2 heterocycles. The Balaban J connectivity index is 1.90. The standard InChI is InChI=1S/C16H24N2OS/c1-2-11-18(13-14-6-3-4-10-17-14)16(19)9-8-15-7-5-12-20-15/h5,7-9,12,14,17H,2-4,6,10-11,13H2,1H3/b9-8+. The lowest BCUT2D eigenvalue weighted by molar-refractivity contribution is -0.126. The van der Waals surface area contributed by atoms with Gasteiger partial charge in [-0.15, -0.1) is 11.3 Å². The molecule has 110 valence electrons. The van der Waals surface area contributed by atoms with E-state index in [1.54, 1.807) is 17.4 Å². The first-order valence-electron chi connectivity index (χ1n) is 7.53. The number of hydrogen-bond acceptors (Lipinski definition) is 3. The van der Waals surface area contributed by atoms with Gasteiger partial charge < -0.3 is 10.2 Å². The van der Waals surface area contributed by atoms with E-state index in [9.17, 15) is 4.79 Å². The molecule has 1 unspecified atom stereocenters. The lowest BCUT2D eigenvalue weighted by atomic mass is 10.0. The van der Waals surface area contributed by atoms with Gasteiger partial charge >= 0.3 is 0 Å². The molecule has 1 aromatic heterocycles. The van der Waals surface area contributed by atoms with Crippen LogP contribution in [0.2, 0.25) is 0 Å². The summed E-state index contributed by atoms with van der Waals surface area (Å²) in [4.78, 5) is 15.4. The summed E-state index contributed by atoms with van der Waals surface area (Å²) in [6.07, 6.45) is 8.36. The molecule has 1 atom stereocenters. The molecule has 1 aliphatic heterocycles. The Hall–Kier alpha value is -1.13. The van der Waals surface area contributed by atoms with Crippen LogP contribution >= 0.6 is 11.3 Å². The highest BCUT2D eigenvalue weighted by Gasteiger charge is 2.18. The van der Waals surface area contributed by atoms with E-state index in [0.29, 0.717) is 6.04 Å². The second-order valence-electron chi connectivity index (χ2n) is 5.28. The summed E-state index contributed by atoms with van der Waals surface area (Å²) < 4.78 is 0. The van der Waals surface area contributed by atoms with Crippen LogP contribution in [0.1, 0.15) is 37.5 Å². The number of nitrogens with one attached hydrogen (secondary N) is 1. The molecule has 2 rings (SSSR count). The Kier molecular flexibility index (Phi) is 6.27. The van der Waals surface area contributed by atoms with E-state index in [1.165, 1.54) is 19.3 Å². The quantitative estimate of drug-likeness (QED) is 0.817. The van der Waals surface area contributed by atoms with Crippen LogP contribution in [0.5, 0.6) is 0 Å².